The second kappa shape index (κ2) is 57.9. The average molecular weight is 1280 g/mol. The molecule has 0 aliphatic rings. The van der Waals surface area contributed by atoms with Crippen LogP contribution in [0, 0.1) is 23.7 Å². The molecule has 0 aliphatic heterocycles. The second-order valence-electron chi connectivity index (χ2n) is 26.2. The monoisotopic (exact) mass is 1280 g/mol. The van der Waals surface area contributed by atoms with Gasteiger partial charge < -0.3 is 33.8 Å². The maximum absolute atomic E-state index is 13.0. The molecule has 0 fully saturated rings. The molecule has 4 unspecified atom stereocenters. The molecule has 0 amide bonds. The van der Waals surface area contributed by atoms with Crippen molar-refractivity contribution < 1.29 is 80.2 Å². The van der Waals surface area contributed by atoms with Crippen molar-refractivity contribution in [3.8, 4) is 0 Å². The highest BCUT2D eigenvalue weighted by molar-refractivity contribution is 7.47. The van der Waals surface area contributed by atoms with Crippen molar-refractivity contribution in [1.29, 1.82) is 0 Å². The van der Waals surface area contributed by atoms with E-state index in [1.54, 1.807) is 0 Å². The number of esters is 4. The van der Waals surface area contributed by atoms with E-state index in [0.29, 0.717) is 43.4 Å². The lowest BCUT2D eigenvalue weighted by Crippen LogP contribution is -2.30. The molecule has 6 atom stereocenters. The maximum Gasteiger partial charge on any atom is 0.472 e. The number of hydrogen-bond donors (Lipinski definition) is 3. The molecule has 19 heteroatoms. The largest absolute Gasteiger partial charge is 0.472 e. The Kier molecular flexibility index (Phi) is 56.6. The van der Waals surface area contributed by atoms with Crippen LogP contribution in [0.5, 0.6) is 0 Å². The molecule has 0 saturated carbocycles. The third-order valence-electron chi connectivity index (χ3n) is 15.9. The van der Waals surface area contributed by atoms with Crippen molar-refractivity contribution >= 4 is 39.5 Å². The van der Waals surface area contributed by atoms with Gasteiger partial charge in [0.05, 0.1) is 26.4 Å². The first-order valence-electron chi connectivity index (χ1n) is 35.2. The van der Waals surface area contributed by atoms with Crippen LogP contribution in [0.4, 0.5) is 0 Å². The summed E-state index contributed by atoms with van der Waals surface area (Å²) in [6.45, 7) is 14.0. The van der Waals surface area contributed by atoms with Crippen molar-refractivity contribution in [3.05, 3.63) is 0 Å². The molecular weight excluding hydrogens is 1150 g/mol. The number of phosphoric acid groups is 2. The van der Waals surface area contributed by atoms with Gasteiger partial charge in [-0.05, 0) is 49.4 Å². The van der Waals surface area contributed by atoms with E-state index >= 15 is 0 Å². The predicted molar refractivity (Wildman–Crippen MR) is 349 cm³/mol. The number of phosphoric ester groups is 2. The molecule has 0 rings (SSSR count). The highest BCUT2D eigenvalue weighted by Crippen LogP contribution is 2.45. The van der Waals surface area contributed by atoms with E-state index in [-0.39, 0.29) is 25.7 Å². The lowest BCUT2D eigenvalue weighted by molar-refractivity contribution is -0.161. The van der Waals surface area contributed by atoms with Gasteiger partial charge in [0.1, 0.15) is 19.3 Å². The number of aliphatic hydroxyl groups is 1. The van der Waals surface area contributed by atoms with E-state index in [0.717, 1.165) is 109 Å². The van der Waals surface area contributed by atoms with E-state index in [2.05, 4.69) is 55.4 Å². The Bertz CT molecular complexity index is 1730. The summed E-state index contributed by atoms with van der Waals surface area (Å²) in [5.74, 6) is 0.787. The Labute approximate surface area is 530 Å². The van der Waals surface area contributed by atoms with Crippen molar-refractivity contribution in [3.63, 3.8) is 0 Å². The fourth-order valence-corrected chi connectivity index (χ4v) is 11.7. The smallest absolute Gasteiger partial charge is 0.462 e. The summed E-state index contributed by atoms with van der Waals surface area (Å²) < 4.78 is 68.1. The zero-order valence-electron chi connectivity index (χ0n) is 56.6. The van der Waals surface area contributed by atoms with Gasteiger partial charge >= 0.3 is 39.5 Å². The normalized spacial score (nSPS) is 14.6. The van der Waals surface area contributed by atoms with Gasteiger partial charge in [0.2, 0.25) is 0 Å². The molecular formula is C68H132O17P2. The minimum absolute atomic E-state index is 0.101. The van der Waals surface area contributed by atoms with Crippen LogP contribution in [0.25, 0.3) is 0 Å². The van der Waals surface area contributed by atoms with Gasteiger partial charge in [-0.25, -0.2) is 9.13 Å². The standard InChI is InChI=1S/C68H132O17P2/c1-9-61(8)47-39-31-22-16-14-12-10-11-13-15-17-23-34-42-50-67(72)84-63(54-78-65(70)48-40-32-24-18-20-28-36-44-58(2)3)56-82-86(74,75)80-52-62(69)53-81-87(76,77)83-57-64(85-68(73)51-43-35-27-26-30-38-46-60(6)7)55-79-66(71)49-41-33-25-19-21-29-37-45-59(4)5/h58-64,69H,9-57H2,1-8H3,(H,74,75)(H,76,77)/t61?,62?,63-,64-/m1/s1. The molecule has 0 aliphatic carbocycles. The summed E-state index contributed by atoms with van der Waals surface area (Å²) in [6, 6.07) is 0. The zero-order chi connectivity index (χ0) is 64.7. The number of rotatable bonds is 65. The Morgan fingerprint density at radius 2 is 0.552 bits per heavy atom. The van der Waals surface area contributed by atoms with E-state index in [1.165, 1.54) is 122 Å². The zero-order valence-corrected chi connectivity index (χ0v) is 58.4. The number of aliphatic hydroxyl groups excluding tert-OH is 1. The third kappa shape index (κ3) is 61.3. The van der Waals surface area contributed by atoms with Crippen molar-refractivity contribution in [2.24, 2.45) is 23.7 Å². The van der Waals surface area contributed by atoms with Gasteiger partial charge in [-0.2, -0.15) is 0 Å². The van der Waals surface area contributed by atoms with Gasteiger partial charge in [0.25, 0.3) is 0 Å². The topological polar surface area (TPSA) is 237 Å². The molecule has 516 valence electrons. The summed E-state index contributed by atoms with van der Waals surface area (Å²) in [6.07, 6.45) is 39.3. The van der Waals surface area contributed by atoms with Crippen LogP contribution in [-0.4, -0.2) is 96.7 Å². The summed E-state index contributed by atoms with van der Waals surface area (Å²) in [7, 11) is -9.90. The number of unbranched alkanes of at least 4 members (excludes halogenated alkanes) is 30. The Balaban J connectivity index is 5.20. The van der Waals surface area contributed by atoms with E-state index in [4.69, 9.17) is 37.0 Å². The first-order chi connectivity index (χ1) is 41.6. The number of hydrogen-bond acceptors (Lipinski definition) is 15. The van der Waals surface area contributed by atoms with Crippen LogP contribution in [0.3, 0.4) is 0 Å². The van der Waals surface area contributed by atoms with Crippen LogP contribution >= 0.6 is 15.6 Å². The summed E-state index contributed by atoms with van der Waals surface area (Å²) in [5, 5.41) is 10.6. The molecule has 0 aromatic carbocycles. The summed E-state index contributed by atoms with van der Waals surface area (Å²) >= 11 is 0. The molecule has 0 heterocycles. The van der Waals surface area contributed by atoms with Crippen molar-refractivity contribution in [1.82, 2.24) is 0 Å². The highest BCUT2D eigenvalue weighted by atomic mass is 31.2. The fourth-order valence-electron chi connectivity index (χ4n) is 10.1. The molecule has 0 radical (unpaired) electrons. The first kappa shape index (κ1) is 85.1. The van der Waals surface area contributed by atoms with Crippen LogP contribution < -0.4 is 0 Å². The maximum atomic E-state index is 13.0. The van der Waals surface area contributed by atoms with Crippen LogP contribution in [-0.2, 0) is 65.4 Å². The minimum atomic E-state index is -4.95. The Hall–Kier alpha value is -1.94. The number of ether oxygens (including phenoxy) is 4. The van der Waals surface area contributed by atoms with Crippen LogP contribution in [0.2, 0.25) is 0 Å². The fraction of sp³-hybridized carbons (Fsp3) is 0.941. The quantitative estimate of drug-likeness (QED) is 0.0222. The van der Waals surface area contributed by atoms with Gasteiger partial charge in [-0.1, -0.05) is 280 Å². The molecule has 3 N–H and O–H groups in total. The number of carbonyl (C=O) groups is 4. The predicted octanol–water partition coefficient (Wildman–Crippen LogP) is 18.9. The number of carbonyl (C=O) groups excluding carboxylic acids is 4. The molecule has 17 nitrogen and oxygen atoms in total. The van der Waals surface area contributed by atoms with Gasteiger partial charge in [-0.15, -0.1) is 0 Å². The van der Waals surface area contributed by atoms with Crippen LogP contribution in [0.1, 0.15) is 331 Å². The minimum Gasteiger partial charge on any atom is -0.462 e. The Morgan fingerprint density at radius 1 is 0.322 bits per heavy atom. The van der Waals surface area contributed by atoms with Crippen LogP contribution in [0.15, 0.2) is 0 Å². The second-order valence-corrected chi connectivity index (χ2v) is 29.1. The van der Waals surface area contributed by atoms with Crippen molar-refractivity contribution in [2.45, 2.75) is 350 Å². The summed E-state index contributed by atoms with van der Waals surface area (Å²) in [5.41, 5.74) is 0. The van der Waals surface area contributed by atoms with E-state index in [1.807, 2.05) is 0 Å². The van der Waals surface area contributed by atoms with E-state index in [9.17, 15) is 43.2 Å². The van der Waals surface area contributed by atoms with E-state index < -0.39 is 97.5 Å². The lowest BCUT2D eigenvalue weighted by Gasteiger charge is -2.21. The molecule has 0 saturated heterocycles. The first-order valence-corrected chi connectivity index (χ1v) is 38.2. The third-order valence-corrected chi connectivity index (χ3v) is 17.8. The van der Waals surface area contributed by atoms with Gasteiger partial charge in [0, 0.05) is 25.7 Å². The molecule has 0 bridgehead atoms. The molecule has 87 heavy (non-hydrogen) atoms. The van der Waals surface area contributed by atoms with Gasteiger partial charge in [0.15, 0.2) is 12.2 Å². The van der Waals surface area contributed by atoms with Crippen molar-refractivity contribution in [2.75, 3.05) is 39.6 Å². The SMILES string of the molecule is CCC(C)CCCCCCCCCCCCCCCCC(=O)O[C@H](COC(=O)CCCCCCCCCC(C)C)COP(=O)(O)OCC(O)COP(=O)(O)OC[C@@H](COC(=O)CCCCCCCCCC(C)C)OC(=O)CCCCCCCCC(C)C. The highest BCUT2D eigenvalue weighted by Gasteiger charge is 2.30. The van der Waals surface area contributed by atoms with Gasteiger partial charge in [-0.3, -0.25) is 37.3 Å². The summed E-state index contributed by atoms with van der Waals surface area (Å²) in [4.78, 5) is 72.3. The average Bonchev–Trinajstić information content (AvgIpc) is 3.52. The molecule has 0 aromatic heterocycles. The molecule has 0 spiro atoms. The lowest BCUT2D eigenvalue weighted by atomic mass is 9.99. The Morgan fingerprint density at radius 3 is 0.816 bits per heavy atom. The molecule has 0 aromatic rings.